The summed E-state index contributed by atoms with van der Waals surface area (Å²) in [4.78, 5) is 12.6. The van der Waals surface area contributed by atoms with Gasteiger partial charge in [-0.3, -0.25) is 4.79 Å². The third-order valence-electron chi connectivity index (χ3n) is 7.75. The predicted octanol–water partition coefficient (Wildman–Crippen LogP) is 3.43. The molecule has 1 fully saturated rings. The number of ether oxygens (including phenoxy) is 1. The number of hydrogen-bond acceptors (Lipinski definition) is 7. The van der Waals surface area contributed by atoms with Crippen LogP contribution < -0.4 is 10.1 Å². The number of amides is 1. The normalized spacial score (nSPS) is 16.2. The zero-order chi connectivity index (χ0) is 29.6. The number of nitrogens with zero attached hydrogens (tertiary/aromatic N) is 1. The van der Waals surface area contributed by atoms with Crippen molar-refractivity contribution >= 4 is 15.9 Å². The van der Waals surface area contributed by atoms with Crippen molar-refractivity contribution in [1.29, 1.82) is 0 Å². The summed E-state index contributed by atoms with van der Waals surface area (Å²) in [5.74, 6) is 0.0697. The average Bonchev–Trinajstić information content (AvgIpc) is 2.99. The van der Waals surface area contributed by atoms with Crippen LogP contribution >= 0.6 is 0 Å². The standard InChI is InChI=1S/C31H38N2O7S/c1-22-18-24(10-11-27(22)25-6-5-7-26(19-25)40-17-16-34)23-12-14-33(15-13-23)41(38,39)31(2,21-35)20-32-30(37)28-8-3-4-9-29(28)36/h3-11,18-19,23,34-36H,12-17,20-21H2,1-2H3,(H,32,37). The number of benzene rings is 3. The molecule has 1 aliphatic rings. The van der Waals surface area contributed by atoms with E-state index in [2.05, 4.69) is 30.4 Å². The first-order chi connectivity index (χ1) is 19.6. The summed E-state index contributed by atoms with van der Waals surface area (Å²) in [5.41, 5.74) is 4.38. The molecule has 1 amide bonds. The molecule has 0 spiro atoms. The second kappa shape index (κ2) is 13.0. The first kappa shape index (κ1) is 30.5. The third kappa shape index (κ3) is 6.73. The molecule has 0 bridgehead atoms. The molecule has 0 saturated carbocycles. The van der Waals surface area contributed by atoms with Crippen molar-refractivity contribution in [3.63, 3.8) is 0 Å². The van der Waals surface area contributed by atoms with E-state index in [1.807, 2.05) is 24.3 Å². The topological polar surface area (TPSA) is 136 Å². The Bertz CT molecular complexity index is 1470. The van der Waals surface area contributed by atoms with Gasteiger partial charge in [-0.1, -0.05) is 42.5 Å². The first-order valence-electron chi connectivity index (χ1n) is 13.7. The van der Waals surface area contributed by atoms with E-state index < -0.39 is 27.3 Å². The molecule has 4 rings (SSSR count). The van der Waals surface area contributed by atoms with Gasteiger partial charge in [-0.05, 0) is 79.1 Å². The van der Waals surface area contributed by atoms with Crippen LogP contribution in [0.4, 0.5) is 0 Å². The highest BCUT2D eigenvalue weighted by Gasteiger charge is 2.44. The molecule has 4 N–H and O–H groups in total. The Kier molecular flexibility index (Phi) is 9.70. The van der Waals surface area contributed by atoms with E-state index >= 15 is 0 Å². The number of phenolic OH excluding ortho intramolecular Hbond substituents is 1. The van der Waals surface area contributed by atoms with Crippen molar-refractivity contribution in [2.75, 3.05) is 39.5 Å². The van der Waals surface area contributed by atoms with Gasteiger partial charge in [0, 0.05) is 19.6 Å². The number of para-hydroxylation sites is 1. The number of aliphatic hydroxyl groups excluding tert-OH is 2. The molecular formula is C31H38N2O7S. The number of carbonyl (C=O) groups is 1. The molecule has 10 heteroatoms. The van der Waals surface area contributed by atoms with E-state index in [-0.39, 0.29) is 37.0 Å². The number of rotatable bonds is 11. The lowest BCUT2D eigenvalue weighted by Crippen LogP contribution is -2.56. The Hall–Kier alpha value is -3.44. The fourth-order valence-corrected chi connectivity index (χ4v) is 6.91. The number of carbonyl (C=O) groups excluding carboxylic acids is 1. The number of hydrogen-bond donors (Lipinski definition) is 4. The number of phenols is 1. The molecule has 1 atom stereocenters. The van der Waals surface area contributed by atoms with E-state index in [0.717, 1.165) is 22.3 Å². The maximum Gasteiger partial charge on any atom is 0.255 e. The molecule has 0 aromatic heterocycles. The lowest BCUT2D eigenvalue weighted by molar-refractivity contribution is 0.0942. The number of aryl methyl sites for hydroxylation is 1. The second-order valence-electron chi connectivity index (χ2n) is 10.7. The van der Waals surface area contributed by atoms with Crippen molar-refractivity contribution in [2.45, 2.75) is 37.4 Å². The molecule has 3 aromatic carbocycles. The van der Waals surface area contributed by atoms with E-state index in [4.69, 9.17) is 9.84 Å². The molecule has 41 heavy (non-hydrogen) atoms. The van der Waals surface area contributed by atoms with E-state index in [1.165, 1.54) is 23.4 Å². The van der Waals surface area contributed by atoms with Crippen LogP contribution in [0.3, 0.4) is 0 Å². The molecule has 1 unspecified atom stereocenters. The van der Waals surface area contributed by atoms with Crippen LogP contribution in [0.25, 0.3) is 11.1 Å². The molecule has 3 aromatic rings. The van der Waals surface area contributed by atoms with Gasteiger partial charge >= 0.3 is 0 Å². The van der Waals surface area contributed by atoms with Gasteiger partial charge in [-0.2, -0.15) is 0 Å². The zero-order valence-corrected chi connectivity index (χ0v) is 24.2. The summed E-state index contributed by atoms with van der Waals surface area (Å²) in [5, 5.41) is 31.6. The van der Waals surface area contributed by atoms with Gasteiger partial charge in [0.05, 0.1) is 18.8 Å². The smallest absolute Gasteiger partial charge is 0.255 e. The van der Waals surface area contributed by atoms with Gasteiger partial charge in [0.25, 0.3) is 5.91 Å². The Morgan fingerprint density at radius 2 is 1.78 bits per heavy atom. The molecule has 1 saturated heterocycles. The van der Waals surface area contributed by atoms with Crippen LogP contribution in [0.5, 0.6) is 11.5 Å². The number of nitrogens with one attached hydrogen (secondary N) is 1. The summed E-state index contributed by atoms with van der Waals surface area (Å²) in [6.07, 6.45) is 1.27. The van der Waals surface area contributed by atoms with Gasteiger partial charge in [0.1, 0.15) is 22.9 Å². The minimum Gasteiger partial charge on any atom is -0.507 e. The van der Waals surface area contributed by atoms with Gasteiger partial charge in [0.15, 0.2) is 0 Å². The number of sulfonamides is 1. The van der Waals surface area contributed by atoms with Crippen molar-refractivity contribution < 1.29 is 33.3 Å². The predicted molar refractivity (Wildman–Crippen MR) is 158 cm³/mol. The van der Waals surface area contributed by atoms with Gasteiger partial charge in [-0.25, -0.2) is 12.7 Å². The fraction of sp³-hybridized carbons (Fsp3) is 0.387. The van der Waals surface area contributed by atoms with Crippen LogP contribution in [0.1, 0.15) is 47.2 Å². The highest BCUT2D eigenvalue weighted by atomic mass is 32.2. The van der Waals surface area contributed by atoms with Crippen LogP contribution in [0.2, 0.25) is 0 Å². The van der Waals surface area contributed by atoms with Crippen LogP contribution in [0.15, 0.2) is 66.7 Å². The Morgan fingerprint density at radius 1 is 1.05 bits per heavy atom. The Morgan fingerprint density at radius 3 is 2.44 bits per heavy atom. The number of aromatic hydroxyl groups is 1. The first-order valence-corrected chi connectivity index (χ1v) is 15.1. The minimum absolute atomic E-state index is 0.0371. The van der Waals surface area contributed by atoms with Gasteiger partial charge < -0.3 is 25.4 Å². The molecule has 1 heterocycles. The number of piperidine rings is 1. The van der Waals surface area contributed by atoms with Crippen molar-refractivity contribution in [3.8, 4) is 22.6 Å². The number of aliphatic hydroxyl groups is 2. The molecule has 220 valence electrons. The maximum atomic E-state index is 13.6. The SMILES string of the molecule is Cc1cc(C2CCN(S(=O)(=O)C(C)(CO)CNC(=O)c3ccccc3O)CC2)ccc1-c1cccc(OCCO)c1. The van der Waals surface area contributed by atoms with E-state index in [0.29, 0.717) is 31.7 Å². The highest BCUT2D eigenvalue weighted by molar-refractivity contribution is 7.90. The van der Waals surface area contributed by atoms with Crippen LogP contribution in [0, 0.1) is 6.92 Å². The zero-order valence-electron chi connectivity index (χ0n) is 23.4. The summed E-state index contributed by atoms with van der Waals surface area (Å²) in [6, 6.07) is 20.1. The third-order valence-corrected chi connectivity index (χ3v) is 10.3. The van der Waals surface area contributed by atoms with Crippen LogP contribution in [-0.4, -0.2) is 78.2 Å². The van der Waals surface area contributed by atoms with E-state index in [9.17, 15) is 23.4 Å². The molecule has 0 radical (unpaired) electrons. The lowest BCUT2D eigenvalue weighted by Gasteiger charge is -2.38. The fourth-order valence-electron chi connectivity index (χ4n) is 5.18. The molecule has 0 aliphatic carbocycles. The lowest BCUT2D eigenvalue weighted by atomic mass is 9.87. The summed E-state index contributed by atoms with van der Waals surface area (Å²) >= 11 is 0. The van der Waals surface area contributed by atoms with Crippen molar-refractivity contribution in [3.05, 3.63) is 83.4 Å². The maximum absolute atomic E-state index is 13.6. The second-order valence-corrected chi connectivity index (χ2v) is 13.1. The quantitative estimate of drug-likeness (QED) is 0.272. The van der Waals surface area contributed by atoms with Gasteiger partial charge in [-0.15, -0.1) is 0 Å². The van der Waals surface area contributed by atoms with Crippen molar-refractivity contribution in [1.82, 2.24) is 9.62 Å². The van der Waals surface area contributed by atoms with Crippen molar-refractivity contribution in [2.24, 2.45) is 0 Å². The monoisotopic (exact) mass is 582 g/mol. The summed E-state index contributed by atoms with van der Waals surface area (Å²) in [7, 11) is -3.95. The van der Waals surface area contributed by atoms with E-state index in [1.54, 1.807) is 12.1 Å². The Labute approximate surface area is 241 Å². The molecule has 9 nitrogen and oxygen atoms in total. The minimum atomic E-state index is -3.95. The largest absolute Gasteiger partial charge is 0.507 e. The van der Waals surface area contributed by atoms with Crippen LogP contribution in [-0.2, 0) is 10.0 Å². The highest BCUT2D eigenvalue weighted by Crippen LogP contribution is 2.35. The average molecular weight is 583 g/mol. The molecule has 1 aliphatic heterocycles. The summed E-state index contributed by atoms with van der Waals surface area (Å²) in [6.45, 7) is 3.31. The van der Waals surface area contributed by atoms with Gasteiger partial charge in [0.2, 0.25) is 10.0 Å². The molecular weight excluding hydrogens is 544 g/mol. The summed E-state index contributed by atoms with van der Waals surface area (Å²) < 4.78 is 32.5. The Balaban J connectivity index is 1.41.